The molecule has 3 aromatic carbocycles. The molecule has 0 aliphatic carbocycles. The highest BCUT2D eigenvalue weighted by atomic mass is 19.1. The van der Waals surface area contributed by atoms with Crippen molar-refractivity contribution in [2.45, 2.75) is 0 Å². The third-order valence-electron chi connectivity index (χ3n) is 4.43. The van der Waals surface area contributed by atoms with Crippen molar-refractivity contribution in [1.29, 1.82) is 0 Å². The Labute approximate surface area is 177 Å². The second kappa shape index (κ2) is 8.62. The fourth-order valence-corrected chi connectivity index (χ4v) is 2.81. The second-order valence-corrected chi connectivity index (χ2v) is 6.53. The van der Waals surface area contributed by atoms with E-state index in [9.17, 15) is 14.0 Å². The summed E-state index contributed by atoms with van der Waals surface area (Å²) in [5.74, 6) is -0.383. The Bertz CT molecular complexity index is 1180. The lowest BCUT2D eigenvalue weighted by atomic mass is 10.2. The molecule has 0 amide bonds. The fraction of sp³-hybridized carbons (Fsp3) is 0.0417. The van der Waals surface area contributed by atoms with Gasteiger partial charge in [0.2, 0.25) is 5.90 Å². The van der Waals surface area contributed by atoms with Gasteiger partial charge in [0.1, 0.15) is 17.3 Å². The summed E-state index contributed by atoms with van der Waals surface area (Å²) < 4.78 is 28.6. The van der Waals surface area contributed by atoms with Gasteiger partial charge in [-0.2, -0.15) is 0 Å². The van der Waals surface area contributed by atoms with Crippen LogP contribution in [0.15, 0.2) is 83.5 Å². The molecular weight excluding hydrogens is 401 g/mol. The SMILES string of the molecule is COc1ccc(C(=O)Oc2ccc(/C=C3/N=C(c4ccc(F)cc4)OC3=O)cc2)cc1. The maximum Gasteiger partial charge on any atom is 0.363 e. The molecule has 1 aliphatic rings. The van der Waals surface area contributed by atoms with Crippen LogP contribution in [0.1, 0.15) is 21.5 Å². The minimum absolute atomic E-state index is 0.112. The van der Waals surface area contributed by atoms with Crippen LogP contribution in [0.5, 0.6) is 11.5 Å². The third-order valence-corrected chi connectivity index (χ3v) is 4.43. The van der Waals surface area contributed by atoms with E-state index < -0.39 is 17.8 Å². The van der Waals surface area contributed by atoms with Crippen molar-refractivity contribution in [3.05, 3.63) is 101 Å². The standard InChI is InChI=1S/C24H16FNO5/c1-29-19-12-6-17(7-13-19)23(27)30-20-10-2-15(3-11-20)14-21-24(28)31-22(26-21)16-4-8-18(25)9-5-16/h2-14H,1H3/b21-14+. The van der Waals surface area contributed by atoms with Crippen LogP contribution in [-0.2, 0) is 9.53 Å². The Balaban J connectivity index is 1.46. The van der Waals surface area contributed by atoms with Crippen LogP contribution in [0.3, 0.4) is 0 Å². The van der Waals surface area contributed by atoms with Crippen molar-refractivity contribution >= 4 is 23.9 Å². The lowest BCUT2D eigenvalue weighted by molar-refractivity contribution is -0.129. The molecule has 1 aliphatic heterocycles. The topological polar surface area (TPSA) is 74.2 Å². The number of hydrogen-bond donors (Lipinski definition) is 0. The molecule has 0 aromatic heterocycles. The first kappa shape index (κ1) is 20.0. The molecule has 0 unspecified atom stereocenters. The summed E-state index contributed by atoms with van der Waals surface area (Å²) in [6, 6.07) is 18.7. The molecule has 6 nitrogen and oxygen atoms in total. The molecule has 0 saturated carbocycles. The molecular formula is C24H16FNO5. The van der Waals surface area contributed by atoms with E-state index in [1.165, 1.54) is 24.3 Å². The van der Waals surface area contributed by atoms with Gasteiger partial charge in [0, 0.05) is 5.56 Å². The first-order chi connectivity index (χ1) is 15.0. The van der Waals surface area contributed by atoms with Crippen molar-refractivity contribution in [1.82, 2.24) is 0 Å². The van der Waals surface area contributed by atoms with E-state index in [4.69, 9.17) is 14.2 Å². The summed E-state index contributed by atoms with van der Waals surface area (Å²) >= 11 is 0. The number of rotatable bonds is 5. The van der Waals surface area contributed by atoms with Crippen LogP contribution in [-0.4, -0.2) is 24.9 Å². The summed E-state index contributed by atoms with van der Waals surface area (Å²) in [6.07, 6.45) is 1.55. The summed E-state index contributed by atoms with van der Waals surface area (Å²) in [5, 5.41) is 0. The normalized spacial score (nSPS) is 14.2. The van der Waals surface area contributed by atoms with E-state index in [1.807, 2.05) is 0 Å². The molecule has 0 N–H and O–H groups in total. The van der Waals surface area contributed by atoms with E-state index in [0.29, 0.717) is 28.2 Å². The Morgan fingerprint density at radius 3 is 2.23 bits per heavy atom. The monoisotopic (exact) mass is 417 g/mol. The predicted molar refractivity (Wildman–Crippen MR) is 111 cm³/mol. The molecule has 1 heterocycles. The fourth-order valence-electron chi connectivity index (χ4n) is 2.81. The van der Waals surface area contributed by atoms with E-state index in [0.717, 1.165) is 0 Å². The van der Waals surface area contributed by atoms with Gasteiger partial charge in [-0.15, -0.1) is 0 Å². The molecule has 0 saturated heterocycles. The number of ether oxygens (including phenoxy) is 3. The average molecular weight is 417 g/mol. The van der Waals surface area contributed by atoms with Gasteiger partial charge in [-0.25, -0.2) is 19.0 Å². The minimum atomic E-state index is -0.602. The summed E-state index contributed by atoms with van der Waals surface area (Å²) in [6.45, 7) is 0. The van der Waals surface area contributed by atoms with Gasteiger partial charge in [-0.3, -0.25) is 0 Å². The molecule has 0 fully saturated rings. The van der Waals surface area contributed by atoms with Crippen LogP contribution < -0.4 is 9.47 Å². The number of benzene rings is 3. The van der Waals surface area contributed by atoms with Crippen molar-refractivity contribution in [2.24, 2.45) is 4.99 Å². The van der Waals surface area contributed by atoms with Crippen LogP contribution in [0.4, 0.5) is 4.39 Å². The Hall–Kier alpha value is -4.26. The Morgan fingerprint density at radius 1 is 0.935 bits per heavy atom. The summed E-state index contributed by atoms with van der Waals surface area (Å²) in [5.41, 5.74) is 1.67. The van der Waals surface area contributed by atoms with Crippen molar-refractivity contribution in [2.75, 3.05) is 7.11 Å². The highest BCUT2D eigenvalue weighted by Crippen LogP contribution is 2.21. The van der Waals surface area contributed by atoms with Gasteiger partial charge in [0.05, 0.1) is 12.7 Å². The van der Waals surface area contributed by atoms with Gasteiger partial charge in [-0.05, 0) is 72.3 Å². The average Bonchev–Trinajstić information content (AvgIpc) is 3.15. The number of cyclic esters (lactones) is 1. The molecule has 7 heteroatoms. The first-order valence-electron chi connectivity index (χ1n) is 9.26. The molecule has 0 atom stereocenters. The number of esters is 2. The number of carbonyl (C=O) groups excluding carboxylic acids is 2. The van der Waals surface area contributed by atoms with Gasteiger partial charge >= 0.3 is 11.9 Å². The van der Waals surface area contributed by atoms with Crippen LogP contribution >= 0.6 is 0 Å². The Kier molecular flexibility index (Phi) is 5.57. The van der Waals surface area contributed by atoms with Gasteiger partial charge < -0.3 is 14.2 Å². The van der Waals surface area contributed by atoms with E-state index in [-0.39, 0.29) is 11.6 Å². The zero-order chi connectivity index (χ0) is 21.8. The highest BCUT2D eigenvalue weighted by molar-refractivity contribution is 6.12. The molecule has 0 spiro atoms. The van der Waals surface area contributed by atoms with E-state index >= 15 is 0 Å². The highest BCUT2D eigenvalue weighted by Gasteiger charge is 2.24. The minimum Gasteiger partial charge on any atom is -0.497 e. The van der Waals surface area contributed by atoms with Crippen LogP contribution in [0.2, 0.25) is 0 Å². The second-order valence-electron chi connectivity index (χ2n) is 6.53. The van der Waals surface area contributed by atoms with Crippen molar-refractivity contribution in [3.8, 4) is 11.5 Å². The largest absolute Gasteiger partial charge is 0.497 e. The molecule has 31 heavy (non-hydrogen) atoms. The van der Waals surface area contributed by atoms with E-state index in [1.54, 1.807) is 61.7 Å². The van der Waals surface area contributed by atoms with Crippen LogP contribution in [0.25, 0.3) is 6.08 Å². The van der Waals surface area contributed by atoms with Crippen molar-refractivity contribution < 1.29 is 28.2 Å². The third kappa shape index (κ3) is 4.67. The molecule has 3 aromatic rings. The summed E-state index contributed by atoms with van der Waals surface area (Å²) in [4.78, 5) is 28.5. The molecule has 4 rings (SSSR count). The number of aliphatic imine (C=N–C) groups is 1. The van der Waals surface area contributed by atoms with Crippen LogP contribution in [0, 0.1) is 5.82 Å². The van der Waals surface area contributed by atoms with Gasteiger partial charge in [0.15, 0.2) is 5.70 Å². The molecule has 154 valence electrons. The number of carbonyl (C=O) groups is 2. The molecule has 0 bridgehead atoms. The molecule has 0 radical (unpaired) electrons. The van der Waals surface area contributed by atoms with E-state index in [2.05, 4.69) is 4.99 Å². The Morgan fingerprint density at radius 2 is 1.58 bits per heavy atom. The lowest BCUT2D eigenvalue weighted by Crippen LogP contribution is -2.08. The first-order valence-corrected chi connectivity index (χ1v) is 9.26. The number of nitrogens with zero attached hydrogens (tertiary/aromatic N) is 1. The number of hydrogen-bond acceptors (Lipinski definition) is 6. The van der Waals surface area contributed by atoms with Crippen molar-refractivity contribution in [3.63, 3.8) is 0 Å². The number of methoxy groups -OCH3 is 1. The summed E-state index contributed by atoms with van der Waals surface area (Å²) in [7, 11) is 1.55. The smallest absolute Gasteiger partial charge is 0.363 e. The lowest BCUT2D eigenvalue weighted by Gasteiger charge is -2.05. The zero-order valence-corrected chi connectivity index (χ0v) is 16.4. The maximum absolute atomic E-state index is 13.1. The zero-order valence-electron chi connectivity index (χ0n) is 16.4. The predicted octanol–water partition coefficient (Wildman–Crippen LogP) is 4.40. The quantitative estimate of drug-likeness (QED) is 0.350. The number of halogens is 1. The van der Waals surface area contributed by atoms with Gasteiger partial charge in [-0.1, -0.05) is 12.1 Å². The maximum atomic E-state index is 13.1. The van der Waals surface area contributed by atoms with Gasteiger partial charge in [0.25, 0.3) is 0 Å².